The first-order valence-corrected chi connectivity index (χ1v) is 10.5. The Balaban J connectivity index is 1.62. The highest BCUT2D eigenvalue weighted by atomic mass is 16.6. The van der Waals surface area contributed by atoms with Crippen LogP contribution in [0.3, 0.4) is 0 Å². The van der Waals surface area contributed by atoms with Crippen LogP contribution in [0.5, 0.6) is 0 Å². The standard InChI is InChI=1S/C23H30N2O5/c1-4-13-29-23(28)17(14-15(2)3)24-21(26)18-11-8-12-25(18)22(27)20-19(30-20)16-9-6-5-7-10-16/h4-7,9-10,15,17-20H,1,8,11-14H2,2-3H3,(H,24,26)/t17-,18+,19+,20-/m1/s1. The van der Waals surface area contributed by atoms with Crippen LogP contribution in [0.1, 0.15) is 44.8 Å². The fourth-order valence-corrected chi connectivity index (χ4v) is 3.86. The summed E-state index contributed by atoms with van der Waals surface area (Å²) < 4.78 is 10.7. The van der Waals surface area contributed by atoms with Crippen molar-refractivity contribution in [3.8, 4) is 0 Å². The number of ether oxygens (including phenoxy) is 2. The smallest absolute Gasteiger partial charge is 0.328 e. The first-order chi connectivity index (χ1) is 14.4. The lowest BCUT2D eigenvalue weighted by Crippen LogP contribution is -2.52. The number of likely N-dealkylation sites (tertiary alicyclic amines) is 1. The third kappa shape index (κ3) is 5.27. The van der Waals surface area contributed by atoms with Gasteiger partial charge in [-0.05, 0) is 30.7 Å². The zero-order valence-corrected chi connectivity index (χ0v) is 17.6. The molecule has 0 aromatic heterocycles. The number of hydrogen-bond acceptors (Lipinski definition) is 5. The fraction of sp³-hybridized carbons (Fsp3) is 0.522. The molecule has 2 heterocycles. The van der Waals surface area contributed by atoms with Gasteiger partial charge in [-0.15, -0.1) is 0 Å². The van der Waals surface area contributed by atoms with Crippen LogP contribution in [0, 0.1) is 5.92 Å². The highest BCUT2D eigenvalue weighted by Crippen LogP contribution is 2.40. The molecule has 0 bridgehead atoms. The molecule has 4 atom stereocenters. The second-order valence-corrected chi connectivity index (χ2v) is 8.19. The van der Waals surface area contributed by atoms with Gasteiger partial charge in [0.1, 0.15) is 24.8 Å². The molecular formula is C23H30N2O5. The van der Waals surface area contributed by atoms with Crippen molar-refractivity contribution in [3.05, 3.63) is 48.6 Å². The molecule has 0 aliphatic carbocycles. The topological polar surface area (TPSA) is 88.2 Å². The Hall–Kier alpha value is -2.67. The Morgan fingerprint density at radius 3 is 2.70 bits per heavy atom. The van der Waals surface area contributed by atoms with Crippen molar-refractivity contribution in [2.24, 2.45) is 5.92 Å². The molecule has 1 N–H and O–H groups in total. The molecule has 162 valence electrons. The van der Waals surface area contributed by atoms with E-state index in [1.807, 2.05) is 44.2 Å². The molecule has 1 aromatic carbocycles. The van der Waals surface area contributed by atoms with Crippen molar-refractivity contribution < 1.29 is 23.9 Å². The monoisotopic (exact) mass is 414 g/mol. The van der Waals surface area contributed by atoms with E-state index in [9.17, 15) is 14.4 Å². The minimum atomic E-state index is -0.746. The summed E-state index contributed by atoms with van der Waals surface area (Å²) in [5.41, 5.74) is 0.956. The van der Waals surface area contributed by atoms with E-state index in [4.69, 9.17) is 9.47 Å². The predicted octanol–water partition coefficient (Wildman–Crippen LogP) is 2.38. The number of hydrogen-bond donors (Lipinski definition) is 1. The van der Waals surface area contributed by atoms with Gasteiger partial charge in [-0.2, -0.15) is 0 Å². The van der Waals surface area contributed by atoms with Crippen LogP contribution in [0.25, 0.3) is 0 Å². The predicted molar refractivity (Wildman–Crippen MR) is 111 cm³/mol. The van der Waals surface area contributed by atoms with Crippen LogP contribution >= 0.6 is 0 Å². The van der Waals surface area contributed by atoms with E-state index in [1.54, 1.807) is 4.90 Å². The van der Waals surface area contributed by atoms with E-state index < -0.39 is 24.2 Å². The zero-order valence-electron chi connectivity index (χ0n) is 17.6. The van der Waals surface area contributed by atoms with Crippen molar-refractivity contribution >= 4 is 17.8 Å². The molecule has 2 amide bonds. The van der Waals surface area contributed by atoms with Crippen LogP contribution in [0.15, 0.2) is 43.0 Å². The molecule has 2 fully saturated rings. The van der Waals surface area contributed by atoms with E-state index >= 15 is 0 Å². The fourth-order valence-electron chi connectivity index (χ4n) is 3.86. The lowest BCUT2D eigenvalue weighted by molar-refractivity contribution is -0.148. The molecule has 3 rings (SSSR count). The van der Waals surface area contributed by atoms with E-state index in [0.717, 1.165) is 12.0 Å². The van der Waals surface area contributed by atoms with Crippen LogP contribution in [0.4, 0.5) is 0 Å². The first kappa shape index (κ1) is 22.0. The van der Waals surface area contributed by atoms with Crippen LogP contribution in [-0.2, 0) is 23.9 Å². The summed E-state index contributed by atoms with van der Waals surface area (Å²) in [5.74, 6) is -0.781. The molecule has 7 nitrogen and oxygen atoms in total. The van der Waals surface area contributed by atoms with Crippen molar-refractivity contribution in [1.82, 2.24) is 10.2 Å². The summed E-state index contributed by atoms with van der Waals surface area (Å²) in [6.07, 6.45) is 2.45. The van der Waals surface area contributed by atoms with Crippen LogP contribution in [0.2, 0.25) is 0 Å². The number of carbonyl (C=O) groups is 3. The number of nitrogens with one attached hydrogen (secondary N) is 1. The maximum atomic E-state index is 13.0. The Morgan fingerprint density at radius 2 is 2.03 bits per heavy atom. The van der Waals surface area contributed by atoms with Crippen LogP contribution < -0.4 is 5.32 Å². The zero-order chi connectivity index (χ0) is 21.7. The molecule has 1 aromatic rings. The Kier molecular flexibility index (Phi) is 7.26. The second kappa shape index (κ2) is 9.89. The van der Waals surface area contributed by atoms with Gasteiger partial charge in [0.25, 0.3) is 5.91 Å². The number of amides is 2. The Morgan fingerprint density at radius 1 is 1.30 bits per heavy atom. The number of epoxide rings is 1. The summed E-state index contributed by atoms with van der Waals surface area (Å²) >= 11 is 0. The highest BCUT2D eigenvalue weighted by molar-refractivity contribution is 5.93. The van der Waals surface area contributed by atoms with Gasteiger partial charge < -0.3 is 19.7 Å². The number of benzene rings is 1. The van der Waals surface area contributed by atoms with Gasteiger partial charge in [0, 0.05) is 6.54 Å². The maximum absolute atomic E-state index is 13.0. The summed E-state index contributed by atoms with van der Waals surface area (Å²) in [5, 5.41) is 2.80. The number of carbonyl (C=O) groups excluding carboxylic acids is 3. The number of esters is 1. The van der Waals surface area contributed by atoms with E-state index in [-0.39, 0.29) is 30.4 Å². The summed E-state index contributed by atoms with van der Waals surface area (Å²) in [4.78, 5) is 39.8. The average Bonchev–Trinajstić information content (AvgIpc) is 3.38. The minimum absolute atomic E-state index is 0.0945. The third-order valence-electron chi connectivity index (χ3n) is 5.35. The highest BCUT2D eigenvalue weighted by Gasteiger charge is 2.50. The van der Waals surface area contributed by atoms with Gasteiger partial charge in [-0.1, -0.05) is 56.8 Å². The van der Waals surface area contributed by atoms with E-state index in [2.05, 4.69) is 11.9 Å². The lowest BCUT2D eigenvalue weighted by atomic mass is 10.0. The molecule has 2 aliphatic heterocycles. The first-order valence-electron chi connectivity index (χ1n) is 10.5. The maximum Gasteiger partial charge on any atom is 0.328 e. The van der Waals surface area contributed by atoms with Gasteiger partial charge in [0.15, 0.2) is 6.10 Å². The van der Waals surface area contributed by atoms with Crippen molar-refractivity contribution in [1.29, 1.82) is 0 Å². The summed E-state index contributed by atoms with van der Waals surface area (Å²) in [6, 6.07) is 8.24. The van der Waals surface area contributed by atoms with E-state index in [1.165, 1.54) is 6.08 Å². The van der Waals surface area contributed by atoms with Gasteiger partial charge in [-0.3, -0.25) is 9.59 Å². The van der Waals surface area contributed by atoms with Gasteiger partial charge in [0.2, 0.25) is 5.91 Å². The average molecular weight is 415 g/mol. The molecular weight excluding hydrogens is 384 g/mol. The van der Waals surface area contributed by atoms with Crippen molar-refractivity contribution in [2.75, 3.05) is 13.2 Å². The SMILES string of the molecule is C=CCOC(=O)[C@@H](CC(C)C)NC(=O)[C@@H]1CCCN1C(=O)[C@@H]1O[C@H]1c1ccccc1. The van der Waals surface area contributed by atoms with Gasteiger partial charge in [0.05, 0.1) is 0 Å². The molecule has 2 saturated heterocycles. The van der Waals surface area contributed by atoms with Crippen LogP contribution in [-0.4, -0.2) is 54.0 Å². The van der Waals surface area contributed by atoms with Crippen molar-refractivity contribution in [3.63, 3.8) is 0 Å². The number of nitrogens with zero attached hydrogens (tertiary/aromatic N) is 1. The van der Waals surface area contributed by atoms with Crippen molar-refractivity contribution in [2.45, 2.75) is 57.4 Å². The quantitative estimate of drug-likeness (QED) is 0.381. The molecule has 7 heteroatoms. The molecule has 0 unspecified atom stereocenters. The molecule has 2 aliphatic rings. The normalized spacial score (nSPS) is 23.7. The molecule has 0 radical (unpaired) electrons. The molecule has 0 spiro atoms. The third-order valence-corrected chi connectivity index (χ3v) is 5.35. The largest absolute Gasteiger partial charge is 0.460 e. The van der Waals surface area contributed by atoms with E-state index in [0.29, 0.717) is 19.4 Å². The summed E-state index contributed by atoms with van der Waals surface area (Å²) in [6.45, 7) is 8.08. The second-order valence-electron chi connectivity index (χ2n) is 8.19. The molecule has 0 saturated carbocycles. The number of rotatable bonds is 9. The molecule has 30 heavy (non-hydrogen) atoms. The minimum Gasteiger partial charge on any atom is -0.460 e. The summed E-state index contributed by atoms with van der Waals surface area (Å²) in [7, 11) is 0. The Bertz CT molecular complexity index is 779. The lowest BCUT2D eigenvalue weighted by Gasteiger charge is -2.26. The van der Waals surface area contributed by atoms with Gasteiger partial charge in [-0.25, -0.2) is 4.79 Å². The Labute approximate surface area is 177 Å². The van der Waals surface area contributed by atoms with Gasteiger partial charge >= 0.3 is 5.97 Å².